The number of amides is 1. The van der Waals surface area contributed by atoms with Crippen LogP contribution in [0.2, 0.25) is 10.0 Å². The Balaban J connectivity index is 1.98. The van der Waals surface area contributed by atoms with Crippen molar-refractivity contribution >= 4 is 39.1 Å². The quantitative estimate of drug-likeness (QED) is 0.789. The van der Waals surface area contributed by atoms with Crippen LogP contribution in [0.3, 0.4) is 0 Å². The molecule has 0 unspecified atom stereocenters. The molecule has 1 saturated heterocycles. The van der Waals surface area contributed by atoms with Gasteiger partial charge in [-0.25, -0.2) is 8.42 Å². The summed E-state index contributed by atoms with van der Waals surface area (Å²) in [5.41, 5.74) is 0. The molecular weight excluding hydrogens is 363 g/mol. The number of carbonyl (C=O) groups is 1. The fraction of sp³-hybridized carbons (Fsp3) is 0.500. The van der Waals surface area contributed by atoms with E-state index in [4.69, 9.17) is 27.9 Å². The third-order valence-electron chi connectivity index (χ3n) is 3.44. The monoisotopic (exact) mass is 380 g/mol. The number of benzene rings is 1. The molecule has 1 aromatic rings. The number of carbonyl (C=O) groups excluding carboxylic acids is 1. The van der Waals surface area contributed by atoms with Gasteiger partial charge in [-0.3, -0.25) is 4.79 Å². The van der Waals surface area contributed by atoms with E-state index in [1.807, 2.05) is 0 Å². The number of sulfonamides is 1. The average Bonchev–Trinajstić information content (AvgIpc) is 3.00. The van der Waals surface area contributed by atoms with Crippen LogP contribution in [0, 0.1) is 0 Å². The Labute approximate surface area is 145 Å². The molecular formula is C14H18Cl2N2O4S. The van der Waals surface area contributed by atoms with Crippen LogP contribution in [0.25, 0.3) is 0 Å². The van der Waals surface area contributed by atoms with Crippen LogP contribution in [0.1, 0.15) is 19.8 Å². The number of rotatable bonds is 6. The minimum Gasteiger partial charge on any atom is -0.376 e. The number of halogens is 2. The zero-order chi connectivity index (χ0) is 17.0. The van der Waals surface area contributed by atoms with E-state index in [1.54, 1.807) is 0 Å². The maximum absolute atomic E-state index is 12.3. The van der Waals surface area contributed by atoms with Crippen LogP contribution < -0.4 is 10.0 Å². The molecule has 9 heteroatoms. The molecule has 6 nitrogen and oxygen atoms in total. The van der Waals surface area contributed by atoms with Crippen LogP contribution in [-0.2, 0) is 19.6 Å². The smallest absolute Gasteiger partial charge is 0.242 e. The molecule has 0 spiro atoms. The molecule has 0 radical (unpaired) electrons. The number of hydrogen-bond donors (Lipinski definition) is 2. The first-order valence-corrected chi connectivity index (χ1v) is 9.40. The van der Waals surface area contributed by atoms with Gasteiger partial charge in [-0.05, 0) is 38.0 Å². The predicted molar refractivity (Wildman–Crippen MR) is 88.2 cm³/mol. The van der Waals surface area contributed by atoms with E-state index in [0.29, 0.717) is 13.2 Å². The third kappa shape index (κ3) is 5.06. The second kappa shape index (κ2) is 7.81. The molecule has 0 saturated carbocycles. The van der Waals surface area contributed by atoms with Crippen molar-refractivity contribution in [3.05, 3.63) is 28.2 Å². The van der Waals surface area contributed by atoms with E-state index < -0.39 is 22.0 Å². The Morgan fingerprint density at radius 3 is 2.83 bits per heavy atom. The molecule has 0 aromatic heterocycles. The first kappa shape index (κ1) is 18.5. The topological polar surface area (TPSA) is 84.5 Å². The lowest BCUT2D eigenvalue weighted by Crippen LogP contribution is -2.46. The van der Waals surface area contributed by atoms with Crippen molar-refractivity contribution in [2.75, 3.05) is 13.2 Å². The Hall–Kier alpha value is -0.860. The zero-order valence-corrected chi connectivity index (χ0v) is 14.8. The van der Waals surface area contributed by atoms with E-state index in [1.165, 1.54) is 25.1 Å². The molecule has 1 aromatic carbocycles. The Morgan fingerprint density at radius 2 is 2.17 bits per heavy atom. The van der Waals surface area contributed by atoms with Gasteiger partial charge in [0.1, 0.15) is 4.90 Å². The van der Waals surface area contributed by atoms with E-state index in [0.717, 1.165) is 12.8 Å². The van der Waals surface area contributed by atoms with Crippen molar-refractivity contribution in [2.45, 2.75) is 36.8 Å². The van der Waals surface area contributed by atoms with Crippen LogP contribution in [0.5, 0.6) is 0 Å². The van der Waals surface area contributed by atoms with Gasteiger partial charge in [-0.15, -0.1) is 0 Å². The normalized spacial score (nSPS) is 19.5. The van der Waals surface area contributed by atoms with Gasteiger partial charge in [-0.1, -0.05) is 23.2 Å². The summed E-state index contributed by atoms with van der Waals surface area (Å²) in [6, 6.07) is 3.17. The Kier molecular flexibility index (Phi) is 6.27. The number of nitrogens with one attached hydrogen (secondary N) is 2. The highest BCUT2D eigenvalue weighted by Crippen LogP contribution is 2.25. The van der Waals surface area contributed by atoms with Gasteiger partial charge in [0.05, 0.1) is 17.2 Å². The summed E-state index contributed by atoms with van der Waals surface area (Å²) in [6.07, 6.45) is 1.85. The molecule has 2 N–H and O–H groups in total. The van der Waals surface area contributed by atoms with Gasteiger partial charge in [0.25, 0.3) is 0 Å². The molecule has 128 valence electrons. The van der Waals surface area contributed by atoms with Gasteiger partial charge in [-0.2, -0.15) is 4.72 Å². The van der Waals surface area contributed by atoms with Crippen molar-refractivity contribution in [1.29, 1.82) is 0 Å². The number of hydrogen-bond acceptors (Lipinski definition) is 4. The van der Waals surface area contributed by atoms with Gasteiger partial charge < -0.3 is 10.1 Å². The Bertz CT molecular complexity index is 675. The van der Waals surface area contributed by atoms with Crippen molar-refractivity contribution in [3.8, 4) is 0 Å². The summed E-state index contributed by atoms with van der Waals surface area (Å²) in [7, 11) is -3.95. The van der Waals surface area contributed by atoms with Gasteiger partial charge >= 0.3 is 0 Å². The van der Waals surface area contributed by atoms with Crippen molar-refractivity contribution in [2.24, 2.45) is 0 Å². The average molecular weight is 381 g/mol. The van der Waals surface area contributed by atoms with Crippen molar-refractivity contribution in [1.82, 2.24) is 10.0 Å². The van der Waals surface area contributed by atoms with E-state index in [2.05, 4.69) is 10.0 Å². The summed E-state index contributed by atoms with van der Waals surface area (Å²) in [6.45, 7) is 2.51. The van der Waals surface area contributed by atoms with Crippen LogP contribution in [-0.4, -0.2) is 39.6 Å². The Morgan fingerprint density at radius 1 is 1.43 bits per heavy atom. The van der Waals surface area contributed by atoms with Gasteiger partial charge in [0.2, 0.25) is 15.9 Å². The van der Waals surface area contributed by atoms with Crippen molar-refractivity contribution in [3.63, 3.8) is 0 Å². The fourth-order valence-corrected chi connectivity index (χ4v) is 4.17. The molecule has 0 bridgehead atoms. The van der Waals surface area contributed by atoms with Crippen molar-refractivity contribution < 1.29 is 17.9 Å². The van der Waals surface area contributed by atoms with Gasteiger partial charge in [0.15, 0.2) is 0 Å². The molecule has 1 heterocycles. The highest BCUT2D eigenvalue weighted by Gasteiger charge is 2.25. The molecule has 0 aliphatic carbocycles. The SMILES string of the molecule is C[C@H](NS(=O)(=O)c1cc(Cl)ccc1Cl)C(=O)NC[C@@H]1CCCO1. The van der Waals surface area contributed by atoms with Crippen LogP contribution in [0.15, 0.2) is 23.1 Å². The molecule has 1 aliphatic rings. The predicted octanol–water partition coefficient (Wildman–Crippen LogP) is 1.96. The lowest BCUT2D eigenvalue weighted by atomic mass is 10.2. The minimum absolute atomic E-state index is 0.00914. The summed E-state index contributed by atoms with van der Waals surface area (Å²) in [5.74, 6) is -0.428. The van der Waals surface area contributed by atoms with E-state index in [-0.39, 0.29) is 21.0 Å². The highest BCUT2D eigenvalue weighted by molar-refractivity contribution is 7.89. The standard InChI is InChI=1S/C14H18Cl2N2O4S/c1-9(14(19)17-8-11-3-2-6-22-11)18-23(20,21)13-7-10(15)4-5-12(13)16/h4-5,7,9,11,18H,2-3,6,8H2,1H3,(H,17,19)/t9-,11-/m0/s1. The second-order valence-electron chi connectivity index (χ2n) is 5.30. The molecule has 23 heavy (non-hydrogen) atoms. The van der Waals surface area contributed by atoms with Gasteiger partial charge in [0, 0.05) is 18.2 Å². The second-order valence-corrected chi connectivity index (χ2v) is 7.82. The summed E-state index contributed by atoms with van der Waals surface area (Å²) in [5, 5.41) is 2.95. The third-order valence-corrected chi connectivity index (χ3v) is 5.69. The fourth-order valence-electron chi connectivity index (χ4n) is 2.21. The molecule has 2 rings (SSSR count). The zero-order valence-electron chi connectivity index (χ0n) is 12.5. The van der Waals surface area contributed by atoms with Crippen LogP contribution >= 0.6 is 23.2 Å². The first-order valence-electron chi connectivity index (χ1n) is 7.16. The number of ether oxygens (including phenoxy) is 1. The molecule has 1 fully saturated rings. The van der Waals surface area contributed by atoms with E-state index in [9.17, 15) is 13.2 Å². The minimum atomic E-state index is -3.95. The molecule has 1 aliphatic heterocycles. The summed E-state index contributed by atoms with van der Waals surface area (Å²) < 4.78 is 32.3. The van der Waals surface area contributed by atoms with Crippen LogP contribution in [0.4, 0.5) is 0 Å². The summed E-state index contributed by atoms with van der Waals surface area (Å²) in [4.78, 5) is 11.8. The maximum atomic E-state index is 12.3. The lowest BCUT2D eigenvalue weighted by molar-refractivity contribution is -0.122. The highest BCUT2D eigenvalue weighted by atomic mass is 35.5. The molecule has 2 atom stereocenters. The summed E-state index contributed by atoms with van der Waals surface area (Å²) >= 11 is 11.7. The van der Waals surface area contributed by atoms with E-state index >= 15 is 0 Å². The lowest BCUT2D eigenvalue weighted by Gasteiger charge is -2.17. The largest absolute Gasteiger partial charge is 0.376 e. The maximum Gasteiger partial charge on any atom is 0.242 e. The molecule has 1 amide bonds. The first-order chi connectivity index (χ1) is 10.8.